The second kappa shape index (κ2) is 5.74. The van der Waals surface area contributed by atoms with Crippen molar-refractivity contribution in [3.63, 3.8) is 0 Å². The Bertz CT molecular complexity index is 521. The molecule has 2 aliphatic rings. The van der Waals surface area contributed by atoms with Gasteiger partial charge in [-0.2, -0.15) is 0 Å². The lowest BCUT2D eigenvalue weighted by Gasteiger charge is -2.26. The Hall–Kier alpha value is -1.07. The van der Waals surface area contributed by atoms with E-state index in [-0.39, 0.29) is 5.91 Å². The summed E-state index contributed by atoms with van der Waals surface area (Å²) in [6, 6.07) is 6.30. The molecule has 0 aliphatic carbocycles. The van der Waals surface area contributed by atoms with E-state index in [0.717, 1.165) is 30.4 Å². The van der Waals surface area contributed by atoms with Gasteiger partial charge in [-0.15, -0.1) is 0 Å². The first kappa shape index (κ1) is 13.9. The number of likely N-dealkylation sites (tertiary alicyclic amines) is 1. The van der Waals surface area contributed by atoms with Crippen molar-refractivity contribution in [1.82, 2.24) is 4.90 Å². The number of hydrogen-bond donors (Lipinski definition) is 1. The van der Waals surface area contributed by atoms with Gasteiger partial charge < -0.3 is 14.9 Å². The molecule has 1 fully saturated rings. The van der Waals surface area contributed by atoms with Crippen LogP contribution >= 0.6 is 15.9 Å². The second-order valence-electron chi connectivity index (χ2n) is 5.57. The van der Waals surface area contributed by atoms with Crippen molar-refractivity contribution in [1.29, 1.82) is 0 Å². The maximum atomic E-state index is 11.6. The van der Waals surface area contributed by atoms with Gasteiger partial charge in [0, 0.05) is 42.8 Å². The standard InChI is InChI=1S/C15H19BrN2O2/c16-12-4-3-11-5-7-17(14(11)8-12)9-13(19)10-18-6-1-2-15(18)20/h3-4,8,13,19H,1-2,5-7,9-10H2. The zero-order valence-electron chi connectivity index (χ0n) is 11.4. The molecule has 4 nitrogen and oxygen atoms in total. The van der Waals surface area contributed by atoms with Crippen LogP contribution in [0.2, 0.25) is 0 Å². The summed E-state index contributed by atoms with van der Waals surface area (Å²) in [5, 5.41) is 10.2. The first-order valence-corrected chi connectivity index (χ1v) is 7.92. The largest absolute Gasteiger partial charge is 0.389 e. The summed E-state index contributed by atoms with van der Waals surface area (Å²) < 4.78 is 1.06. The second-order valence-corrected chi connectivity index (χ2v) is 6.48. The number of rotatable bonds is 4. The summed E-state index contributed by atoms with van der Waals surface area (Å²) in [7, 11) is 0. The summed E-state index contributed by atoms with van der Waals surface area (Å²) in [6.45, 7) is 2.78. The maximum absolute atomic E-state index is 11.6. The minimum Gasteiger partial charge on any atom is -0.389 e. The average Bonchev–Trinajstić information content (AvgIpc) is 2.98. The van der Waals surface area contributed by atoms with Crippen LogP contribution in [0.1, 0.15) is 18.4 Å². The number of benzene rings is 1. The first-order chi connectivity index (χ1) is 9.63. The molecule has 1 unspecified atom stereocenters. The van der Waals surface area contributed by atoms with Gasteiger partial charge in [-0.05, 0) is 30.5 Å². The SMILES string of the molecule is O=C1CCCN1CC(O)CN1CCc2ccc(Br)cc21. The van der Waals surface area contributed by atoms with Crippen molar-refractivity contribution in [3.8, 4) is 0 Å². The van der Waals surface area contributed by atoms with Crippen molar-refractivity contribution in [2.45, 2.75) is 25.4 Å². The molecule has 2 heterocycles. The zero-order chi connectivity index (χ0) is 14.1. The zero-order valence-corrected chi connectivity index (χ0v) is 13.0. The lowest BCUT2D eigenvalue weighted by molar-refractivity contribution is -0.128. The fourth-order valence-electron chi connectivity index (χ4n) is 3.07. The average molecular weight is 339 g/mol. The number of amides is 1. The summed E-state index contributed by atoms with van der Waals surface area (Å²) >= 11 is 3.50. The highest BCUT2D eigenvalue weighted by Gasteiger charge is 2.26. The van der Waals surface area contributed by atoms with Crippen LogP contribution < -0.4 is 4.90 Å². The lowest BCUT2D eigenvalue weighted by atomic mass is 10.2. The van der Waals surface area contributed by atoms with Crippen LogP contribution in [0.5, 0.6) is 0 Å². The molecule has 1 N–H and O–H groups in total. The van der Waals surface area contributed by atoms with E-state index < -0.39 is 6.10 Å². The van der Waals surface area contributed by atoms with Gasteiger partial charge >= 0.3 is 0 Å². The highest BCUT2D eigenvalue weighted by atomic mass is 79.9. The fraction of sp³-hybridized carbons (Fsp3) is 0.533. The van der Waals surface area contributed by atoms with Crippen molar-refractivity contribution < 1.29 is 9.90 Å². The number of fused-ring (bicyclic) bond motifs is 1. The maximum Gasteiger partial charge on any atom is 0.222 e. The van der Waals surface area contributed by atoms with Crippen LogP contribution in [0, 0.1) is 0 Å². The topological polar surface area (TPSA) is 43.8 Å². The molecule has 1 amide bonds. The van der Waals surface area contributed by atoms with E-state index in [0.29, 0.717) is 19.5 Å². The molecular weight excluding hydrogens is 320 g/mol. The van der Waals surface area contributed by atoms with E-state index in [1.807, 2.05) is 0 Å². The van der Waals surface area contributed by atoms with Crippen LogP contribution in [-0.4, -0.2) is 48.2 Å². The molecule has 108 valence electrons. The number of carbonyl (C=O) groups is 1. The lowest BCUT2D eigenvalue weighted by Crippen LogP contribution is -2.40. The van der Waals surface area contributed by atoms with Crippen LogP contribution in [0.4, 0.5) is 5.69 Å². The normalized spacial score (nSPS) is 19.6. The van der Waals surface area contributed by atoms with E-state index in [4.69, 9.17) is 0 Å². The Labute approximate surface area is 127 Å². The van der Waals surface area contributed by atoms with Crippen LogP contribution in [0.15, 0.2) is 22.7 Å². The third kappa shape index (κ3) is 2.83. The Morgan fingerprint density at radius 2 is 2.00 bits per heavy atom. The fourth-order valence-corrected chi connectivity index (χ4v) is 3.42. The third-order valence-corrected chi connectivity index (χ3v) is 4.57. The summed E-state index contributed by atoms with van der Waals surface area (Å²) in [5.74, 6) is 0.175. The molecule has 2 aliphatic heterocycles. The van der Waals surface area contributed by atoms with Crippen LogP contribution in [0.3, 0.4) is 0 Å². The summed E-state index contributed by atoms with van der Waals surface area (Å²) in [4.78, 5) is 15.6. The molecule has 1 aromatic rings. The van der Waals surface area contributed by atoms with Gasteiger partial charge in [0.2, 0.25) is 5.91 Å². The third-order valence-electron chi connectivity index (χ3n) is 4.07. The van der Waals surface area contributed by atoms with E-state index >= 15 is 0 Å². The number of nitrogens with zero attached hydrogens (tertiary/aromatic N) is 2. The van der Waals surface area contributed by atoms with Crippen LogP contribution in [0.25, 0.3) is 0 Å². The monoisotopic (exact) mass is 338 g/mol. The predicted octanol–water partition coefficient (Wildman–Crippen LogP) is 1.79. The molecule has 1 aromatic carbocycles. The van der Waals surface area contributed by atoms with Crippen molar-refractivity contribution in [2.75, 3.05) is 31.1 Å². The smallest absolute Gasteiger partial charge is 0.222 e. The van der Waals surface area contributed by atoms with Gasteiger partial charge in [0.15, 0.2) is 0 Å². The van der Waals surface area contributed by atoms with Gasteiger partial charge in [0.25, 0.3) is 0 Å². The number of hydrogen-bond acceptors (Lipinski definition) is 3. The Kier molecular flexibility index (Phi) is 3.98. The molecule has 0 aromatic heterocycles. The molecule has 1 saturated heterocycles. The molecule has 0 bridgehead atoms. The highest BCUT2D eigenvalue weighted by Crippen LogP contribution is 2.30. The van der Waals surface area contributed by atoms with Gasteiger partial charge in [-0.25, -0.2) is 0 Å². The number of carbonyl (C=O) groups excluding carboxylic acids is 1. The molecule has 0 spiro atoms. The minimum absolute atomic E-state index is 0.175. The van der Waals surface area contributed by atoms with Crippen molar-refractivity contribution in [2.24, 2.45) is 0 Å². The van der Waals surface area contributed by atoms with Crippen LogP contribution in [-0.2, 0) is 11.2 Å². The van der Waals surface area contributed by atoms with Crippen molar-refractivity contribution in [3.05, 3.63) is 28.2 Å². The molecule has 20 heavy (non-hydrogen) atoms. The molecule has 0 radical (unpaired) electrons. The molecule has 3 rings (SSSR count). The van der Waals surface area contributed by atoms with Gasteiger partial charge in [-0.3, -0.25) is 4.79 Å². The number of halogens is 1. The molecular formula is C15H19BrN2O2. The Morgan fingerprint density at radius 1 is 1.20 bits per heavy atom. The van der Waals surface area contributed by atoms with E-state index in [9.17, 15) is 9.90 Å². The number of β-amino-alcohol motifs (C(OH)–C–C–N with tert-alkyl or cyclic N) is 1. The molecule has 0 saturated carbocycles. The Balaban J connectivity index is 1.62. The van der Waals surface area contributed by atoms with E-state index in [2.05, 4.69) is 39.0 Å². The predicted molar refractivity (Wildman–Crippen MR) is 81.9 cm³/mol. The molecule has 5 heteroatoms. The number of aliphatic hydroxyl groups excluding tert-OH is 1. The Morgan fingerprint density at radius 3 is 2.75 bits per heavy atom. The van der Waals surface area contributed by atoms with Gasteiger partial charge in [0.1, 0.15) is 0 Å². The number of aliphatic hydroxyl groups is 1. The van der Waals surface area contributed by atoms with E-state index in [1.54, 1.807) is 4.90 Å². The summed E-state index contributed by atoms with van der Waals surface area (Å²) in [5.41, 5.74) is 2.53. The number of anilines is 1. The quantitative estimate of drug-likeness (QED) is 0.910. The first-order valence-electron chi connectivity index (χ1n) is 7.13. The highest BCUT2D eigenvalue weighted by molar-refractivity contribution is 9.10. The minimum atomic E-state index is -0.484. The van der Waals surface area contributed by atoms with E-state index in [1.165, 1.54) is 11.3 Å². The molecule has 1 atom stereocenters. The van der Waals surface area contributed by atoms with Crippen molar-refractivity contribution >= 4 is 27.5 Å². The van der Waals surface area contributed by atoms with Gasteiger partial charge in [0.05, 0.1) is 6.10 Å². The van der Waals surface area contributed by atoms with Gasteiger partial charge in [-0.1, -0.05) is 22.0 Å². The summed E-state index contributed by atoms with van der Waals surface area (Å²) in [6.07, 6.45) is 2.09.